The maximum Gasteiger partial charge on any atom is 0.253 e. The summed E-state index contributed by atoms with van der Waals surface area (Å²) in [6, 6.07) is 14.6. The van der Waals surface area contributed by atoms with E-state index < -0.39 is 0 Å². The van der Waals surface area contributed by atoms with Crippen molar-refractivity contribution < 1.29 is 9.53 Å². The first kappa shape index (κ1) is 20.7. The maximum absolute atomic E-state index is 12.1. The van der Waals surface area contributed by atoms with Crippen molar-refractivity contribution in [2.24, 2.45) is 0 Å². The Bertz CT molecular complexity index is 1130. The lowest BCUT2D eigenvalue weighted by Crippen LogP contribution is -2.37. The summed E-state index contributed by atoms with van der Waals surface area (Å²) in [6.07, 6.45) is 7.84. The van der Waals surface area contributed by atoms with E-state index in [1.807, 2.05) is 30.5 Å². The smallest absolute Gasteiger partial charge is 0.253 e. The monoisotopic (exact) mass is 428 g/mol. The van der Waals surface area contributed by atoms with Gasteiger partial charge in [-0.1, -0.05) is 30.3 Å². The minimum Gasteiger partial charge on any atom is -0.379 e. The molecule has 0 atom stereocenters. The zero-order valence-corrected chi connectivity index (χ0v) is 18.1. The van der Waals surface area contributed by atoms with E-state index in [1.165, 1.54) is 11.1 Å². The van der Waals surface area contributed by atoms with E-state index in [1.54, 1.807) is 0 Å². The number of aromatic amines is 1. The van der Waals surface area contributed by atoms with E-state index in [0.29, 0.717) is 6.54 Å². The fraction of sp³-hybridized carbons (Fsp3) is 0.308. The van der Waals surface area contributed by atoms with Crippen molar-refractivity contribution in [1.29, 1.82) is 0 Å². The number of H-pyrrole nitrogens is 1. The van der Waals surface area contributed by atoms with Gasteiger partial charge in [0.15, 0.2) is 0 Å². The van der Waals surface area contributed by atoms with Gasteiger partial charge in [-0.05, 0) is 41.8 Å². The van der Waals surface area contributed by atoms with Crippen LogP contribution in [0.2, 0.25) is 0 Å². The molecule has 0 bridgehead atoms. The predicted molar refractivity (Wildman–Crippen MR) is 126 cm³/mol. The number of ether oxygens (including phenoxy) is 1. The van der Waals surface area contributed by atoms with Crippen LogP contribution in [-0.2, 0) is 17.6 Å². The van der Waals surface area contributed by atoms with E-state index in [9.17, 15) is 4.79 Å². The van der Waals surface area contributed by atoms with Gasteiger partial charge in [-0.2, -0.15) is 0 Å². The molecule has 5 rings (SSSR count). The van der Waals surface area contributed by atoms with Crippen molar-refractivity contribution in [1.82, 2.24) is 20.2 Å². The van der Waals surface area contributed by atoms with E-state index in [-0.39, 0.29) is 5.91 Å². The van der Waals surface area contributed by atoms with Crippen LogP contribution in [0.25, 0.3) is 23.4 Å². The van der Waals surface area contributed by atoms with Crippen LogP contribution >= 0.6 is 0 Å². The number of fused-ring (bicyclic) bond motifs is 1. The summed E-state index contributed by atoms with van der Waals surface area (Å²) in [7, 11) is 0. The largest absolute Gasteiger partial charge is 0.379 e. The van der Waals surface area contributed by atoms with Crippen molar-refractivity contribution >= 4 is 18.1 Å². The van der Waals surface area contributed by atoms with Crippen molar-refractivity contribution in [2.75, 3.05) is 39.4 Å². The van der Waals surface area contributed by atoms with Gasteiger partial charge in [0.1, 0.15) is 0 Å². The Morgan fingerprint density at radius 3 is 2.88 bits per heavy atom. The normalized spacial score (nSPS) is 16.8. The van der Waals surface area contributed by atoms with Crippen LogP contribution in [0.15, 0.2) is 48.7 Å². The average molecular weight is 429 g/mol. The van der Waals surface area contributed by atoms with Gasteiger partial charge < -0.3 is 15.0 Å². The Morgan fingerprint density at radius 1 is 1.09 bits per heavy atom. The van der Waals surface area contributed by atoms with Crippen LogP contribution in [0.1, 0.15) is 32.9 Å². The second-order valence-electron chi connectivity index (χ2n) is 8.33. The minimum absolute atomic E-state index is 0.00331. The number of rotatable bonds is 6. The number of benzene rings is 1. The second-order valence-corrected chi connectivity index (χ2v) is 8.33. The maximum atomic E-state index is 12.1. The molecule has 2 N–H and O–H groups in total. The van der Waals surface area contributed by atoms with Crippen molar-refractivity contribution in [3.05, 3.63) is 76.7 Å². The molecule has 6 heteroatoms. The van der Waals surface area contributed by atoms with Crippen LogP contribution in [0.4, 0.5) is 0 Å². The average Bonchev–Trinajstić information content (AvgIpc) is 3.29. The van der Waals surface area contributed by atoms with Gasteiger partial charge in [-0.3, -0.25) is 14.7 Å². The van der Waals surface area contributed by atoms with E-state index in [4.69, 9.17) is 4.74 Å². The minimum atomic E-state index is -0.00331. The molecular formula is C26H28N4O2. The molecule has 1 aromatic carbocycles. The highest BCUT2D eigenvalue weighted by Crippen LogP contribution is 2.24. The molecule has 1 fully saturated rings. The third kappa shape index (κ3) is 4.82. The molecule has 6 nitrogen and oxygen atoms in total. The molecule has 164 valence electrons. The Balaban J connectivity index is 1.27. The van der Waals surface area contributed by atoms with E-state index in [2.05, 4.69) is 50.5 Å². The van der Waals surface area contributed by atoms with Gasteiger partial charge in [0, 0.05) is 55.7 Å². The number of nitrogens with one attached hydrogen (secondary N) is 2. The fourth-order valence-electron chi connectivity index (χ4n) is 4.30. The first-order chi connectivity index (χ1) is 15.7. The van der Waals surface area contributed by atoms with Crippen LogP contribution in [0.5, 0.6) is 0 Å². The van der Waals surface area contributed by atoms with Gasteiger partial charge in [-0.15, -0.1) is 0 Å². The lowest BCUT2D eigenvalue weighted by molar-refractivity contribution is 0.0384. The standard InChI is InChI=1S/C26H28N4O2/c31-26-23-18-25(29-24(23)7-10-28-26)21-6-9-27-22(17-21)5-4-19-2-1-3-20(16-19)8-11-30-12-14-32-15-13-30/h1-6,9,16-18,29H,7-8,10-15H2,(H,28,31)/b5-4+. The molecule has 0 saturated carbocycles. The number of carbonyl (C=O) groups excluding carboxylic acids is 1. The van der Waals surface area contributed by atoms with Crippen molar-refractivity contribution in [2.45, 2.75) is 12.8 Å². The van der Waals surface area contributed by atoms with Crippen LogP contribution < -0.4 is 5.32 Å². The van der Waals surface area contributed by atoms with Crippen molar-refractivity contribution in [3.63, 3.8) is 0 Å². The molecule has 2 aliphatic rings. The highest BCUT2D eigenvalue weighted by atomic mass is 16.5. The third-order valence-electron chi connectivity index (χ3n) is 6.11. The molecule has 32 heavy (non-hydrogen) atoms. The van der Waals surface area contributed by atoms with Gasteiger partial charge in [0.25, 0.3) is 5.91 Å². The number of pyridine rings is 1. The van der Waals surface area contributed by atoms with Gasteiger partial charge in [0.05, 0.1) is 24.5 Å². The number of nitrogens with zero attached hydrogens (tertiary/aromatic N) is 2. The molecule has 2 aliphatic heterocycles. The van der Waals surface area contributed by atoms with Crippen molar-refractivity contribution in [3.8, 4) is 11.3 Å². The molecule has 0 radical (unpaired) electrons. The lowest BCUT2D eigenvalue weighted by atomic mass is 10.1. The number of hydrogen-bond acceptors (Lipinski definition) is 4. The summed E-state index contributed by atoms with van der Waals surface area (Å²) in [5.74, 6) is -0.00331. The highest BCUT2D eigenvalue weighted by molar-refractivity contribution is 5.97. The summed E-state index contributed by atoms with van der Waals surface area (Å²) in [4.78, 5) is 22.4. The number of aromatic nitrogens is 2. The molecular weight excluding hydrogens is 400 g/mol. The van der Waals surface area contributed by atoms with Crippen LogP contribution in [0.3, 0.4) is 0 Å². The number of carbonyl (C=O) groups is 1. The summed E-state index contributed by atoms with van der Waals surface area (Å²) >= 11 is 0. The molecule has 0 unspecified atom stereocenters. The zero-order chi connectivity index (χ0) is 21.8. The number of amides is 1. The fourth-order valence-corrected chi connectivity index (χ4v) is 4.30. The topological polar surface area (TPSA) is 70.2 Å². The zero-order valence-electron chi connectivity index (χ0n) is 18.1. The van der Waals surface area contributed by atoms with E-state index >= 15 is 0 Å². The Hall–Kier alpha value is -3.22. The SMILES string of the molecule is O=C1NCCc2[nH]c(-c3ccnc(/C=C/c4cccc(CCN5CCOCC5)c4)c3)cc21. The first-order valence-electron chi connectivity index (χ1n) is 11.3. The Kier molecular flexibility index (Phi) is 6.14. The lowest BCUT2D eigenvalue weighted by Gasteiger charge is -2.26. The molecule has 0 spiro atoms. The van der Waals surface area contributed by atoms with Gasteiger partial charge in [-0.25, -0.2) is 0 Å². The van der Waals surface area contributed by atoms with Gasteiger partial charge >= 0.3 is 0 Å². The number of morpholine rings is 1. The second kappa shape index (κ2) is 9.51. The number of hydrogen-bond donors (Lipinski definition) is 2. The third-order valence-corrected chi connectivity index (χ3v) is 6.11. The first-order valence-corrected chi connectivity index (χ1v) is 11.3. The predicted octanol–water partition coefficient (Wildman–Crippen LogP) is 3.41. The quantitative estimate of drug-likeness (QED) is 0.631. The van der Waals surface area contributed by atoms with E-state index in [0.717, 1.165) is 73.9 Å². The van der Waals surface area contributed by atoms with Crippen LogP contribution in [0, 0.1) is 0 Å². The summed E-state index contributed by atoms with van der Waals surface area (Å²) < 4.78 is 5.43. The molecule has 1 saturated heterocycles. The highest BCUT2D eigenvalue weighted by Gasteiger charge is 2.19. The molecule has 3 aromatic rings. The Morgan fingerprint density at radius 2 is 2.00 bits per heavy atom. The molecule has 2 aromatic heterocycles. The van der Waals surface area contributed by atoms with Gasteiger partial charge in [0.2, 0.25) is 0 Å². The van der Waals surface area contributed by atoms with Crippen LogP contribution in [-0.4, -0.2) is 60.2 Å². The summed E-state index contributed by atoms with van der Waals surface area (Å²) in [6.45, 7) is 5.48. The molecule has 0 aliphatic carbocycles. The summed E-state index contributed by atoms with van der Waals surface area (Å²) in [5.41, 5.74) is 7.13. The molecule has 1 amide bonds. The summed E-state index contributed by atoms with van der Waals surface area (Å²) in [5, 5.41) is 2.89. The molecule has 4 heterocycles. The Labute approximate surface area is 188 Å².